The average molecular weight is 245 g/mol. The summed E-state index contributed by atoms with van der Waals surface area (Å²) < 4.78 is 1.83. The molecule has 1 aromatic carbocycles. The predicted molar refractivity (Wildman–Crippen MR) is 72.8 cm³/mol. The summed E-state index contributed by atoms with van der Waals surface area (Å²) >= 11 is 0. The van der Waals surface area contributed by atoms with Gasteiger partial charge in [-0.15, -0.1) is 0 Å². The summed E-state index contributed by atoms with van der Waals surface area (Å²) in [7, 11) is 1.93. The Morgan fingerprint density at radius 1 is 1.33 bits per heavy atom. The highest BCUT2D eigenvalue weighted by Crippen LogP contribution is 2.25. The molecule has 1 heterocycles. The van der Waals surface area contributed by atoms with Gasteiger partial charge in [0.2, 0.25) is 0 Å². The summed E-state index contributed by atoms with van der Waals surface area (Å²) in [6.45, 7) is 6.10. The molecule has 0 saturated heterocycles. The minimum absolute atomic E-state index is 0.182. The van der Waals surface area contributed by atoms with Crippen LogP contribution >= 0.6 is 0 Å². The molecule has 2 N–H and O–H groups in total. The highest BCUT2D eigenvalue weighted by Gasteiger charge is 2.12. The number of aromatic nitrogens is 2. The molecule has 1 unspecified atom stereocenters. The van der Waals surface area contributed by atoms with E-state index >= 15 is 0 Å². The summed E-state index contributed by atoms with van der Waals surface area (Å²) in [6.07, 6.45) is 2.03. The molecule has 2 aromatic rings. The minimum Gasteiger partial charge on any atom is -0.508 e. The highest BCUT2D eigenvalue weighted by atomic mass is 16.3. The second-order valence-corrected chi connectivity index (χ2v) is 4.71. The van der Waals surface area contributed by atoms with Crippen molar-refractivity contribution in [2.24, 2.45) is 7.05 Å². The quantitative estimate of drug-likeness (QED) is 0.817. The van der Waals surface area contributed by atoms with Crippen LogP contribution in [0.15, 0.2) is 24.4 Å². The van der Waals surface area contributed by atoms with E-state index in [-0.39, 0.29) is 6.04 Å². The Labute approximate surface area is 107 Å². The highest BCUT2D eigenvalue weighted by molar-refractivity contribution is 5.54. The standard InChI is InChI=1S/C14H19N3O/c1-9-7-12(18)5-6-14(9)15-10(2)13-8-17(4)16-11(13)3/h5-8,10,15,18H,1-4H3. The van der Waals surface area contributed by atoms with Crippen LogP contribution < -0.4 is 5.32 Å². The SMILES string of the molecule is Cc1cc(O)ccc1NC(C)c1cn(C)nc1C. The topological polar surface area (TPSA) is 50.1 Å². The van der Waals surface area contributed by atoms with Crippen molar-refractivity contribution in [3.05, 3.63) is 41.2 Å². The Morgan fingerprint density at radius 2 is 2.06 bits per heavy atom. The number of benzene rings is 1. The average Bonchev–Trinajstić information content (AvgIpc) is 2.62. The maximum atomic E-state index is 9.39. The second kappa shape index (κ2) is 4.72. The van der Waals surface area contributed by atoms with E-state index in [0.717, 1.165) is 16.9 Å². The number of hydrogen-bond donors (Lipinski definition) is 2. The summed E-state index contributed by atoms with van der Waals surface area (Å²) in [5.41, 5.74) is 4.28. The van der Waals surface area contributed by atoms with Gasteiger partial charge in [-0.25, -0.2) is 0 Å². The second-order valence-electron chi connectivity index (χ2n) is 4.71. The lowest BCUT2D eigenvalue weighted by Crippen LogP contribution is -2.08. The maximum Gasteiger partial charge on any atom is 0.115 e. The van der Waals surface area contributed by atoms with Gasteiger partial charge in [0.1, 0.15) is 5.75 Å². The lowest BCUT2D eigenvalue weighted by Gasteiger charge is -2.16. The zero-order chi connectivity index (χ0) is 13.3. The Morgan fingerprint density at radius 3 is 2.61 bits per heavy atom. The van der Waals surface area contributed by atoms with E-state index in [1.54, 1.807) is 12.1 Å². The molecule has 0 aliphatic heterocycles. The van der Waals surface area contributed by atoms with Crippen LogP contribution in [0.4, 0.5) is 5.69 Å². The molecule has 0 saturated carbocycles. The van der Waals surface area contributed by atoms with Crippen LogP contribution in [-0.2, 0) is 7.05 Å². The molecule has 18 heavy (non-hydrogen) atoms. The van der Waals surface area contributed by atoms with E-state index in [4.69, 9.17) is 0 Å². The third kappa shape index (κ3) is 2.47. The van der Waals surface area contributed by atoms with Crippen LogP contribution in [0.3, 0.4) is 0 Å². The van der Waals surface area contributed by atoms with Crippen molar-refractivity contribution in [2.75, 3.05) is 5.32 Å². The molecule has 0 bridgehead atoms. The van der Waals surface area contributed by atoms with Crippen LogP contribution in [-0.4, -0.2) is 14.9 Å². The van der Waals surface area contributed by atoms with Gasteiger partial charge in [-0.05, 0) is 44.5 Å². The van der Waals surface area contributed by atoms with Crippen molar-refractivity contribution < 1.29 is 5.11 Å². The molecule has 2 rings (SSSR count). The zero-order valence-corrected chi connectivity index (χ0v) is 11.2. The first-order valence-corrected chi connectivity index (χ1v) is 6.03. The van der Waals surface area contributed by atoms with E-state index in [0.29, 0.717) is 5.75 Å². The summed E-state index contributed by atoms with van der Waals surface area (Å²) in [6, 6.07) is 5.53. The van der Waals surface area contributed by atoms with Crippen molar-refractivity contribution in [2.45, 2.75) is 26.8 Å². The van der Waals surface area contributed by atoms with Crippen molar-refractivity contribution >= 4 is 5.69 Å². The van der Waals surface area contributed by atoms with Crippen molar-refractivity contribution in [3.8, 4) is 5.75 Å². The van der Waals surface area contributed by atoms with Gasteiger partial charge in [-0.1, -0.05) is 0 Å². The van der Waals surface area contributed by atoms with Crippen LogP contribution in [0, 0.1) is 13.8 Å². The summed E-state index contributed by atoms with van der Waals surface area (Å²) in [5.74, 6) is 0.295. The van der Waals surface area contributed by atoms with Gasteiger partial charge in [-0.2, -0.15) is 5.10 Å². The van der Waals surface area contributed by atoms with Crippen molar-refractivity contribution in [1.29, 1.82) is 0 Å². The van der Waals surface area contributed by atoms with Crippen molar-refractivity contribution in [1.82, 2.24) is 9.78 Å². The first-order chi connectivity index (χ1) is 8.47. The molecule has 4 heteroatoms. The van der Waals surface area contributed by atoms with Crippen LogP contribution in [0.2, 0.25) is 0 Å². The molecule has 4 nitrogen and oxygen atoms in total. The number of rotatable bonds is 3. The van der Waals surface area contributed by atoms with Gasteiger partial charge >= 0.3 is 0 Å². The minimum atomic E-state index is 0.182. The molecule has 1 atom stereocenters. The number of phenols is 1. The molecule has 1 aromatic heterocycles. The van der Waals surface area contributed by atoms with Gasteiger partial charge in [0.15, 0.2) is 0 Å². The molecular formula is C14H19N3O. The molecule has 0 fully saturated rings. The number of aryl methyl sites for hydroxylation is 3. The summed E-state index contributed by atoms with van der Waals surface area (Å²) in [4.78, 5) is 0. The number of hydrogen-bond acceptors (Lipinski definition) is 3. The van der Waals surface area contributed by atoms with E-state index in [2.05, 4.69) is 17.3 Å². The summed E-state index contributed by atoms with van der Waals surface area (Å²) in [5, 5.41) is 17.2. The Hall–Kier alpha value is -1.97. The molecule has 0 spiro atoms. The Bertz CT molecular complexity index is 560. The largest absolute Gasteiger partial charge is 0.508 e. The predicted octanol–water partition coefficient (Wildman–Crippen LogP) is 2.92. The fraction of sp³-hybridized carbons (Fsp3) is 0.357. The molecule has 0 amide bonds. The van der Waals surface area contributed by atoms with Gasteiger partial charge < -0.3 is 10.4 Å². The van der Waals surface area contributed by atoms with Gasteiger partial charge in [-0.3, -0.25) is 4.68 Å². The van der Waals surface area contributed by atoms with E-state index in [9.17, 15) is 5.11 Å². The fourth-order valence-electron chi connectivity index (χ4n) is 2.16. The van der Waals surface area contributed by atoms with Crippen LogP contribution in [0.1, 0.15) is 29.8 Å². The van der Waals surface area contributed by atoms with E-state index in [1.807, 2.05) is 37.8 Å². The number of nitrogens with zero attached hydrogens (tertiary/aromatic N) is 2. The fourth-order valence-corrected chi connectivity index (χ4v) is 2.16. The zero-order valence-electron chi connectivity index (χ0n) is 11.2. The first-order valence-electron chi connectivity index (χ1n) is 6.03. The van der Waals surface area contributed by atoms with Gasteiger partial charge in [0.25, 0.3) is 0 Å². The molecule has 0 radical (unpaired) electrons. The first kappa shape index (κ1) is 12.5. The molecule has 96 valence electrons. The van der Waals surface area contributed by atoms with Crippen LogP contribution in [0.25, 0.3) is 0 Å². The van der Waals surface area contributed by atoms with E-state index < -0.39 is 0 Å². The molecule has 0 aliphatic rings. The third-order valence-corrected chi connectivity index (χ3v) is 3.10. The molecular weight excluding hydrogens is 226 g/mol. The lowest BCUT2D eigenvalue weighted by atomic mass is 10.1. The number of anilines is 1. The Balaban J connectivity index is 2.21. The monoisotopic (exact) mass is 245 g/mol. The van der Waals surface area contributed by atoms with Gasteiger partial charge in [0, 0.05) is 24.5 Å². The van der Waals surface area contributed by atoms with Crippen molar-refractivity contribution in [3.63, 3.8) is 0 Å². The van der Waals surface area contributed by atoms with Crippen LogP contribution in [0.5, 0.6) is 5.75 Å². The maximum absolute atomic E-state index is 9.39. The smallest absolute Gasteiger partial charge is 0.115 e. The third-order valence-electron chi connectivity index (χ3n) is 3.10. The van der Waals surface area contributed by atoms with Gasteiger partial charge in [0.05, 0.1) is 11.7 Å². The number of aromatic hydroxyl groups is 1. The lowest BCUT2D eigenvalue weighted by molar-refractivity contribution is 0.475. The normalized spacial score (nSPS) is 12.4. The Kier molecular flexibility index (Phi) is 3.28. The number of nitrogens with one attached hydrogen (secondary N) is 1. The van der Waals surface area contributed by atoms with E-state index in [1.165, 1.54) is 5.56 Å². The molecule has 0 aliphatic carbocycles. The number of phenolic OH excluding ortho intramolecular Hbond substituents is 1.